The van der Waals surface area contributed by atoms with Crippen LogP contribution in [0.5, 0.6) is 0 Å². The van der Waals surface area contributed by atoms with Gasteiger partial charge in [0.25, 0.3) is 0 Å². The number of aliphatic hydroxyl groups excluding tert-OH is 1. The zero-order chi connectivity index (χ0) is 72.7. The van der Waals surface area contributed by atoms with Gasteiger partial charge in [-0.25, -0.2) is 9.13 Å². The second-order valence-corrected chi connectivity index (χ2v) is 32.0. The fraction of sp³-hybridized carbons (Fsp3) is 0.950. The Morgan fingerprint density at radius 3 is 0.717 bits per heavy atom. The zero-order valence-corrected chi connectivity index (χ0v) is 66.4. The third-order valence-corrected chi connectivity index (χ3v) is 21.0. The molecule has 0 amide bonds. The number of carbonyl (C=O) groups excluding carboxylic acids is 4. The summed E-state index contributed by atoms with van der Waals surface area (Å²) in [5.41, 5.74) is 0. The number of carbonyl (C=O) groups is 4. The Balaban J connectivity index is 5.17. The van der Waals surface area contributed by atoms with Crippen molar-refractivity contribution in [3.05, 3.63) is 0 Å². The van der Waals surface area contributed by atoms with E-state index in [9.17, 15) is 43.2 Å². The molecule has 0 aromatic heterocycles. The van der Waals surface area contributed by atoms with Gasteiger partial charge >= 0.3 is 39.5 Å². The first-order chi connectivity index (χ1) is 48.1. The highest BCUT2D eigenvalue weighted by Crippen LogP contribution is 2.45. The molecule has 0 aliphatic carbocycles. The summed E-state index contributed by atoms with van der Waals surface area (Å²) in [5, 5.41) is 10.6. The molecule has 0 bridgehead atoms. The molecular formula is C80H156O17P2. The highest BCUT2D eigenvalue weighted by atomic mass is 31.2. The molecule has 3 unspecified atom stereocenters. The Morgan fingerprint density at radius 1 is 0.283 bits per heavy atom. The maximum atomic E-state index is 13.1. The van der Waals surface area contributed by atoms with Gasteiger partial charge in [0.1, 0.15) is 19.3 Å². The summed E-state index contributed by atoms with van der Waals surface area (Å²) >= 11 is 0. The van der Waals surface area contributed by atoms with E-state index in [-0.39, 0.29) is 25.7 Å². The van der Waals surface area contributed by atoms with Gasteiger partial charge < -0.3 is 33.8 Å². The molecule has 6 atom stereocenters. The Morgan fingerprint density at radius 2 is 0.485 bits per heavy atom. The molecule has 0 fully saturated rings. The second-order valence-electron chi connectivity index (χ2n) is 29.1. The van der Waals surface area contributed by atoms with E-state index in [1.807, 2.05) is 0 Å². The van der Waals surface area contributed by atoms with E-state index in [0.717, 1.165) is 95.8 Å². The van der Waals surface area contributed by atoms with E-state index in [1.54, 1.807) is 0 Å². The van der Waals surface area contributed by atoms with Crippen molar-refractivity contribution in [2.75, 3.05) is 39.6 Å². The van der Waals surface area contributed by atoms with Crippen molar-refractivity contribution in [3.8, 4) is 0 Å². The molecule has 19 heteroatoms. The molecule has 99 heavy (non-hydrogen) atoms. The monoisotopic (exact) mass is 1450 g/mol. The van der Waals surface area contributed by atoms with E-state index in [0.29, 0.717) is 25.7 Å². The van der Waals surface area contributed by atoms with Crippen LogP contribution in [0.4, 0.5) is 0 Å². The average molecular weight is 1450 g/mol. The number of unbranched alkanes of at least 4 members (excludes halogenated alkanes) is 51. The predicted octanol–water partition coefficient (Wildman–Crippen LogP) is 24.0. The van der Waals surface area contributed by atoms with Crippen molar-refractivity contribution in [2.24, 2.45) is 5.92 Å². The maximum absolute atomic E-state index is 13.1. The number of rotatable bonds is 80. The lowest BCUT2D eigenvalue weighted by atomic mass is 9.99. The molecule has 0 spiro atoms. The fourth-order valence-electron chi connectivity index (χ4n) is 12.4. The van der Waals surface area contributed by atoms with Crippen LogP contribution in [0.15, 0.2) is 0 Å². The highest BCUT2D eigenvalue weighted by molar-refractivity contribution is 7.47. The van der Waals surface area contributed by atoms with Crippen molar-refractivity contribution < 1.29 is 80.2 Å². The average Bonchev–Trinajstić information content (AvgIpc) is 1.09. The van der Waals surface area contributed by atoms with Crippen LogP contribution in [0, 0.1) is 5.92 Å². The molecule has 0 aromatic rings. The van der Waals surface area contributed by atoms with Gasteiger partial charge in [-0.15, -0.1) is 0 Å². The molecule has 0 saturated carbocycles. The summed E-state index contributed by atoms with van der Waals surface area (Å²) in [6, 6.07) is 0. The summed E-state index contributed by atoms with van der Waals surface area (Å²) in [7, 11) is -9.91. The van der Waals surface area contributed by atoms with E-state index in [2.05, 4.69) is 34.6 Å². The Labute approximate surface area is 607 Å². The summed E-state index contributed by atoms with van der Waals surface area (Å²) in [6.07, 6.45) is 63.9. The van der Waals surface area contributed by atoms with Gasteiger partial charge in [-0.3, -0.25) is 37.3 Å². The van der Waals surface area contributed by atoms with Crippen LogP contribution >= 0.6 is 15.6 Å². The van der Waals surface area contributed by atoms with E-state index >= 15 is 0 Å². The first-order valence-electron chi connectivity index (χ1n) is 41.7. The molecular weight excluding hydrogens is 1290 g/mol. The van der Waals surface area contributed by atoms with Crippen molar-refractivity contribution in [3.63, 3.8) is 0 Å². The number of hydrogen-bond acceptors (Lipinski definition) is 15. The summed E-state index contributed by atoms with van der Waals surface area (Å²) in [4.78, 5) is 72.8. The van der Waals surface area contributed by atoms with E-state index in [4.69, 9.17) is 37.0 Å². The maximum Gasteiger partial charge on any atom is 0.472 e. The first-order valence-corrected chi connectivity index (χ1v) is 44.7. The van der Waals surface area contributed by atoms with Crippen LogP contribution in [0.1, 0.15) is 426 Å². The van der Waals surface area contributed by atoms with Crippen LogP contribution in [-0.4, -0.2) is 96.7 Å². The zero-order valence-electron chi connectivity index (χ0n) is 64.6. The smallest absolute Gasteiger partial charge is 0.462 e. The number of hydrogen-bond donors (Lipinski definition) is 3. The largest absolute Gasteiger partial charge is 0.472 e. The molecule has 0 aromatic carbocycles. The molecule has 0 heterocycles. The minimum absolute atomic E-state index is 0.107. The van der Waals surface area contributed by atoms with Crippen molar-refractivity contribution >= 4 is 39.5 Å². The lowest BCUT2D eigenvalue weighted by Gasteiger charge is -2.21. The van der Waals surface area contributed by atoms with Gasteiger partial charge in [-0.1, -0.05) is 375 Å². The van der Waals surface area contributed by atoms with Crippen LogP contribution in [0.25, 0.3) is 0 Å². The minimum Gasteiger partial charge on any atom is -0.462 e. The number of ether oxygens (including phenoxy) is 4. The quantitative estimate of drug-likeness (QED) is 0.0222. The van der Waals surface area contributed by atoms with Gasteiger partial charge in [0.15, 0.2) is 12.2 Å². The van der Waals surface area contributed by atoms with E-state index in [1.165, 1.54) is 250 Å². The molecule has 3 N–H and O–H groups in total. The lowest BCUT2D eigenvalue weighted by molar-refractivity contribution is -0.161. The molecule has 17 nitrogen and oxygen atoms in total. The van der Waals surface area contributed by atoms with Crippen LogP contribution in [-0.2, 0) is 65.4 Å². The number of esters is 4. The Hall–Kier alpha value is -1.94. The number of phosphoric acid groups is 2. The molecule has 0 rings (SSSR count). The third kappa shape index (κ3) is 72.8. The predicted molar refractivity (Wildman–Crippen MR) is 405 cm³/mol. The van der Waals surface area contributed by atoms with Gasteiger partial charge in [0.05, 0.1) is 26.4 Å². The fourth-order valence-corrected chi connectivity index (χ4v) is 14.0. The van der Waals surface area contributed by atoms with Gasteiger partial charge in [0.2, 0.25) is 0 Å². The Bertz CT molecular complexity index is 1890. The molecule has 0 radical (unpaired) electrons. The first kappa shape index (κ1) is 97.1. The normalized spacial score (nSPS) is 14.1. The Kier molecular flexibility index (Phi) is 71.6. The molecule has 0 aliphatic rings. The standard InChI is InChI=1S/C80H156O17P2/c1-6-10-13-16-19-22-24-25-26-27-28-29-30-31-32-33-38-41-46-51-56-61-66-80(85)97-76(70-91-78(83)64-59-54-49-45-40-37-35-34-36-39-43-47-52-57-62-73(5)9-4)72-95-99(88,89)93-68-74(81)67-92-98(86,87)94-71-75(69-90-77(82)63-58-53-48-42-21-18-15-12-8-3)96-79(84)65-60-55-50-44-23-20-17-14-11-7-2/h73-76,81H,6-72H2,1-5H3,(H,86,87)(H,88,89)/t73?,74-,75+,76+/m0/s1. The molecule has 0 aliphatic heterocycles. The highest BCUT2D eigenvalue weighted by Gasteiger charge is 2.30. The summed E-state index contributed by atoms with van der Waals surface area (Å²) < 4.78 is 68.6. The number of aliphatic hydroxyl groups is 1. The van der Waals surface area contributed by atoms with Crippen LogP contribution in [0.3, 0.4) is 0 Å². The summed E-state index contributed by atoms with van der Waals surface area (Å²) in [5.74, 6) is -1.26. The topological polar surface area (TPSA) is 237 Å². The van der Waals surface area contributed by atoms with Crippen LogP contribution in [0.2, 0.25) is 0 Å². The van der Waals surface area contributed by atoms with E-state index < -0.39 is 97.5 Å². The van der Waals surface area contributed by atoms with Gasteiger partial charge in [0, 0.05) is 25.7 Å². The lowest BCUT2D eigenvalue weighted by Crippen LogP contribution is -2.30. The van der Waals surface area contributed by atoms with Crippen molar-refractivity contribution in [1.29, 1.82) is 0 Å². The molecule has 588 valence electrons. The number of phosphoric ester groups is 2. The SMILES string of the molecule is CCCCCCCCCCCCCCCCCCCCCCCCC(=O)O[C@H](COC(=O)CCCCCCCCCCCCCCCCC(C)CC)COP(=O)(O)OC[C@@H](O)COP(=O)(O)OC[C@@H](COC(=O)CCCCCCCCCCC)OC(=O)CCCCCCCCCCCC. The van der Waals surface area contributed by atoms with Gasteiger partial charge in [-0.2, -0.15) is 0 Å². The third-order valence-electron chi connectivity index (χ3n) is 19.1. The van der Waals surface area contributed by atoms with Crippen molar-refractivity contribution in [2.45, 2.75) is 445 Å². The van der Waals surface area contributed by atoms with Crippen molar-refractivity contribution in [1.82, 2.24) is 0 Å². The minimum atomic E-state index is -4.96. The van der Waals surface area contributed by atoms with Crippen LogP contribution < -0.4 is 0 Å². The molecule has 0 saturated heterocycles. The van der Waals surface area contributed by atoms with Gasteiger partial charge in [-0.05, 0) is 31.6 Å². The second kappa shape index (κ2) is 73.0. The summed E-state index contributed by atoms with van der Waals surface area (Å²) in [6.45, 7) is 7.34.